The lowest BCUT2D eigenvalue weighted by molar-refractivity contribution is -0.131. The molecule has 2 unspecified atom stereocenters. The Morgan fingerprint density at radius 3 is 2.75 bits per heavy atom. The van der Waals surface area contributed by atoms with E-state index in [4.69, 9.17) is 0 Å². The van der Waals surface area contributed by atoms with E-state index in [1.807, 2.05) is 18.9 Å². The van der Waals surface area contributed by atoms with Crippen LogP contribution in [0.4, 0.5) is 10.1 Å². The minimum Gasteiger partial charge on any atom is -0.337 e. The van der Waals surface area contributed by atoms with Crippen molar-refractivity contribution in [2.24, 2.45) is 0 Å². The Morgan fingerprint density at radius 1 is 1.38 bits per heavy atom. The predicted octanol–water partition coefficient (Wildman–Crippen LogP) is 2.10. The van der Waals surface area contributed by atoms with Gasteiger partial charge in [-0.2, -0.15) is 0 Å². The molecule has 132 valence electrons. The summed E-state index contributed by atoms with van der Waals surface area (Å²) in [5.74, 6) is -0.260. The van der Waals surface area contributed by atoms with E-state index in [0.29, 0.717) is 5.69 Å². The van der Waals surface area contributed by atoms with Crippen molar-refractivity contribution in [3.63, 3.8) is 0 Å². The summed E-state index contributed by atoms with van der Waals surface area (Å²) in [5, 5.41) is 5.56. The minimum atomic E-state index is -0.344. The molecule has 1 aliphatic rings. The Morgan fingerprint density at radius 2 is 2.08 bits per heavy atom. The number of nitrogens with zero attached hydrogens (tertiary/aromatic N) is 1. The van der Waals surface area contributed by atoms with Crippen LogP contribution in [0.25, 0.3) is 0 Å². The maximum atomic E-state index is 12.8. The smallest absolute Gasteiger partial charge is 0.235 e. The van der Waals surface area contributed by atoms with Gasteiger partial charge in [0.2, 0.25) is 11.8 Å². The van der Waals surface area contributed by atoms with Crippen molar-refractivity contribution in [2.75, 3.05) is 31.2 Å². The lowest BCUT2D eigenvalue weighted by Gasteiger charge is -2.27. The van der Waals surface area contributed by atoms with Gasteiger partial charge in [0.25, 0.3) is 0 Å². The zero-order chi connectivity index (χ0) is 17.5. The zero-order valence-corrected chi connectivity index (χ0v) is 14.9. The van der Waals surface area contributed by atoms with Crippen molar-refractivity contribution in [1.29, 1.82) is 0 Å². The molecule has 2 rings (SSSR count). The quantitative estimate of drug-likeness (QED) is 0.788. The molecule has 0 aromatic heterocycles. The van der Waals surface area contributed by atoms with Gasteiger partial charge in [0, 0.05) is 24.8 Å². The van der Waals surface area contributed by atoms with Crippen molar-refractivity contribution in [3.8, 4) is 0 Å². The van der Waals surface area contributed by atoms with Crippen LogP contribution in [0.3, 0.4) is 0 Å². The lowest BCUT2D eigenvalue weighted by atomic mass is 10.2. The second-order valence-corrected chi connectivity index (χ2v) is 7.22. The molecule has 1 aromatic rings. The summed E-state index contributed by atoms with van der Waals surface area (Å²) < 4.78 is 12.8. The molecule has 1 heterocycles. The Labute approximate surface area is 146 Å². The van der Waals surface area contributed by atoms with Crippen molar-refractivity contribution < 1.29 is 14.0 Å². The third-order valence-electron chi connectivity index (χ3n) is 4.04. The summed E-state index contributed by atoms with van der Waals surface area (Å²) in [6.07, 6.45) is 2.05. The number of benzene rings is 1. The van der Waals surface area contributed by atoms with Gasteiger partial charge in [-0.1, -0.05) is 0 Å². The Kier molecular flexibility index (Phi) is 7.05. The third kappa shape index (κ3) is 5.21. The highest BCUT2D eigenvalue weighted by molar-refractivity contribution is 8.01. The molecule has 0 saturated carbocycles. The van der Waals surface area contributed by atoms with E-state index >= 15 is 0 Å². The first-order chi connectivity index (χ1) is 11.5. The molecule has 1 fully saturated rings. The molecule has 7 heteroatoms. The van der Waals surface area contributed by atoms with Crippen LogP contribution >= 0.6 is 11.8 Å². The summed E-state index contributed by atoms with van der Waals surface area (Å²) in [6.45, 7) is 3.43. The van der Waals surface area contributed by atoms with Gasteiger partial charge in [0.05, 0.1) is 11.0 Å². The minimum absolute atomic E-state index is 0.0901. The largest absolute Gasteiger partial charge is 0.337 e. The van der Waals surface area contributed by atoms with Gasteiger partial charge >= 0.3 is 0 Å². The Hall–Kier alpha value is -1.60. The lowest BCUT2D eigenvalue weighted by Crippen LogP contribution is -2.44. The molecule has 1 saturated heterocycles. The van der Waals surface area contributed by atoms with E-state index < -0.39 is 0 Å². The van der Waals surface area contributed by atoms with E-state index in [9.17, 15) is 14.0 Å². The standard InChI is InChI=1S/C17H24FN3O2S/c1-12(17(23)21-9-3-4-15(21)10-19-2)24-11-16(22)20-14-7-5-13(18)6-8-14/h5-8,12,15,19H,3-4,9-11H2,1-2H3,(H,20,22). The molecule has 0 radical (unpaired) electrons. The molecule has 2 amide bonds. The van der Waals surface area contributed by atoms with Gasteiger partial charge < -0.3 is 15.5 Å². The average Bonchev–Trinajstić information content (AvgIpc) is 3.02. The van der Waals surface area contributed by atoms with E-state index in [1.165, 1.54) is 36.0 Å². The molecular weight excluding hydrogens is 329 g/mol. The summed E-state index contributed by atoms with van der Waals surface area (Å²) in [6, 6.07) is 5.87. The number of hydrogen-bond acceptors (Lipinski definition) is 4. The third-order valence-corrected chi connectivity index (χ3v) is 5.17. The number of amides is 2. The van der Waals surface area contributed by atoms with E-state index in [1.54, 1.807) is 0 Å². The van der Waals surface area contributed by atoms with Gasteiger partial charge in [-0.05, 0) is 51.1 Å². The number of likely N-dealkylation sites (tertiary alicyclic amines) is 1. The number of hydrogen-bond donors (Lipinski definition) is 2. The molecule has 0 aliphatic carbocycles. The fourth-order valence-corrected chi connectivity index (χ4v) is 3.56. The first-order valence-electron chi connectivity index (χ1n) is 8.13. The second-order valence-electron chi connectivity index (χ2n) is 5.89. The highest BCUT2D eigenvalue weighted by Crippen LogP contribution is 2.22. The number of carbonyl (C=O) groups is 2. The summed E-state index contributed by atoms with van der Waals surface area (Å²) in [5.41, 5.74) is 0.551. The molecular formula is C17H24FN3O2S. The highest BCUT2D eigenvalue weighted by atomic mass is 32.2. The van der Waals surface area contributed by atoms with Crippen LogP contribution in [0.1, 0.15) is 19.8 Å². The number of anilines is 1. The molecule has 0 spiro atoms. The van der Waals surface area contributed by atoms with Gasteiger partial charge in [0.15, 0.2) is 0 Å². The summed E-state index contributed by atoms with van der Waals surface area (Å²) >= 11 is 1.32. The van der Waals surface area contributed by atoms with Crippen LogP contribution in [-0.4, -0.2) is 53.9 Å². The first kappa shape index (κ1) is 18.7. The Bertz CT molecular complexity index is 567. The fourth-order valence-electron chi connectivity index (χ4n) is 2.81. The number of rotatable bonds is 7. The van der Waals surface area contributed by atoms with Crippen LogP contribution in [0, 0.1) is 5.82 Å². The predicted molar refractivity (Wildman–Crippen MR) is 95.6 cm³/mol. The van der Waals surface area contributed by atoms with Gasteiger partial charge in [0.1, 0.15) is 5.82 Å². The van der Waals surface area contributed by atoms with Crippen LogP contribution in [0.2, 0.25) is 0 Å². The molecule has 2 atom stereocenters. The summed E-state index contributed by atoms with van der Waals surface area (Å²) in [7, 11) is 1.89. The molecule has 0 bridgehead atoms. The number of nitrogens with one attached hydrogen (secondary N) is 2. The first-order valence-corrected chi connectivity index (χ1v) is 9.18. The SMILES string of the molecule is CNCC1CCCN1C(=O)C(C)SCC(=O)Nc1ccc(F)cc1. The average molecular weight is 353 g/mol. The summed E-state index contributed by atoms with van der Waals surface area (Å²) in [4.78, 5) is 26.4. The zero-order valence-electron chi connectivity index (χ0n) is 14.0. The fraction of sp³-hybridized carbons (Fsp3) is 0.529. The number of carbonyl (C=O) groups excluding carboxylic acids is 2. The van der Waals surface area contributed by atoms with E-state index in [0.717, 1.165) is 25.9 Å². The number of thioether (sulfide) groups is 1. The highest BCUT2D eigenvalue weighted by Gasteiger charge is 2.31. The monoisotopic (exact) mass is 353 g/mol. The van der Waals surface area contributed by atoms with Crippen LogP contribution in [-0.2, 0) is 9.59 Å². The topological polar surface area (TPSA) is 61.4 Å². The normalized spacial score (nSPS) is 18.5. The number of likely N-dealkylation sites (N-methyl/N-ethyl adjacent to an activating group) is 1. The van der Waals surface area contributed by atoms with Crippen molar-refractivity contribution in [2.45, 2.75) is 31.1 Å². The molecule has 24 heavy (non-hydrogen) atoms. The maximum Gasteiger partial charge on any atom is 0.235 e. The molecule has 2 N–H and O–H groups in total. The van der Waals surface area contributed by atoms with Crippen LogP contribution in [0.15, 0.2) is 24.3 Å². The molecule has 1 aromatic carbocycles. The van der Waals surface area contributed by atoms with Crippen molar-refractivity contribution in [1.82, 2.24) is 10.2 Å². The van der Waals surface area contributed by atoms with Crippen molar-refractivity contribution >= 4 is 29.3 Å². The van der Waals surface area contributed by atoms with E-state index in [-0.39, 0.29) is 34.7 Å². The van der Waals surface area contributed by atoms with Crippen molar-refractivity contribution in [3.05, 3.63) is 30.1 Å². The van der Waals surface area contributed by atoms with Gasteiger partial charge in [-0.25, -0.2) is 4.39 Å². The number of halogens is 1. The molecule has 1 aliphatic heterocycles. The Balaban J connectivity index is 1.79. The van der Waals surface area contributed by atoms with E-state index in [2.05, 4.69) is 10.6 Å². The van der Waals surface area contributed by atoms with Gasteiger partial charge in [-0.15, -0.1) is 11.8 Å². The second kappa shape index (κ2) is 9.03. The maximum absolute atomic E-state index is 12.8. The van der Waals surface area contributed by atoms with Crippen LogP contribution < -0.4 is 10.6 Å². The van der Waals surface area contributed by atoms with Gasteiger partial charge in [-0.3, -0.25) is 9.59 Å². The van der Waals surface area contributed by atoms with Crippen LogP contribution in [0.5, 0.6) is 0 Å². The molecule has 5 nitrogen and oxygen atoms in total.